The Morgan fingerprint density at radius 3 is 2.35 bits per heavy atom. The highest BCUT2D eigenvalue weighted by molar-refractivity contribution is 5.94. The Hall–Kier alpha value is -3.21. The van der Waals surface area contributed by atoms with Gasteiger partial charge in [-0.05, 0) is 17.7 Å². The number of aromatic nitrogens is 2. The summed E-state index contributed by atoms with van der Waals surface area (Å²) in [7, 11) is 0. The standard InChI is InChI=1S/C18H15N3O2/c22-18(15-9-12-21(23)13-10-15)20-17(14-6-2-1-3-7-14)16-8-4-5-11-19-16/h1-13,17H,(H,20,22)/t17-/m0/s1. The molecule has 5 nitrogen and oxygen atoms in total. The molecule has 0 bridgehead atoms. The molecule has 0 saturated heterocycles. The Morgan fingerprint density at radius 1 is 1.00 bits per heavy atom. The van der Waals surface area contributed by atoms with Crippen LogP contribution in [0.2, 0.25) is 0 Å². The molecular formula is C18H15N3O2. The Balaban J connectivity index is 1.90. The number of nitrogens with one attached hydrogen (secondary N) is 1. The van der Waals surface area contributed by atoms with Crippen LogP contribution in [-0.2, 0) is 0 Å². The molecule has 0 aliphatic rings. The number of amides is 1. The summed E-state index contributed by atoms with van der Waals surface area (Å²) in [4.78, 5) is 16.8. The summed E-state index contributed by atoms with van der Waals surface area (Å²) in [6, 6.07) is 17.8. The van der Waals surface area contributed by atoms with Gasteiger partial charge in [-0.2, -0.15) is 4.73 Å². The smallest absolute Gasteiger partial charge is 0.252 e. The molecule has 0 aliphatic heterocycles. The van der Waals surface area contributed by atoms with Gasteiger partial charge >= 0.3 is 0 Å². The second-order valence-electron chi connectivity index (χ2n) is 5.02. The molecule has 0 aliphatic carbocycles. The second-order valence-corrected chi connectivity index (χ2v) is 5.02. The van der Waals surface area contributed by atoms with Crippen LogP contribution in [0.4, 0.5) is 0 Å². The first kappa shape index (κ1) is 14.7. The highest BCUT2D eigenvalue weighted by Crippen LogP contribution is 2.20. The van der Waals surface area contributed by atoms with Crippen LogP contribution in [0.15, 0.2) is 79.3 Å². The summed E-state index contributed by atoms with van der Waals surface area (Å²) in [5.74, 6) is -0.259. The van der Waals surface area contributed by atoms with E-state index in [4.69, 9.17) is 0 Å². The highest BCUT2D eigenvalue weighted by atomic mass is 16.5. The number of carbonyl (C=O) groups excluding carboxylic acids is 1. The van der Waals surface area contributed by atoms with Crippen LogP contribution in [-0.4, -0.2) is 10.9 Å². The number of nitrogens with zero attached hydrogens (tertiary/aromatic N) is 2. The van der Waals surface area contributed by atoms with Crippen molar-refractivity contribution in [2.24, 2.45) is 0 Å². The van der Waals surface area contributed by atoms with Gasteiger partial charge in [0.15, 0.2) is 12.4 Å². The van der Waals surface area contributed by atoms with Gasteiger partial charge in [-0.25, -0.2) is 0 Å². The second kappa shape index (κ2) is 6.70. The Morgan fingerprint density at radius 2 is 1.70 bits per heavy atom. The fourth-order valence-corrected chi connectivity index (χ4v) is 2.30. The molecule has 1 amide bonds. The topological polar surface area (TPSA) is 68.9 Å². The minimum absolute atomic E-state index is 0.259. The van der Waals surface area contributed by atoms with Crippen molar-refractivity contribution >= 4 is 5.91 Å². The van der Waals surface area contributed by atoms with Gasteiger partial charge in [0.1, 0.15) is 0 Å². The molecule has 114 valence electrons. The lowest BCUT2D eigenvalue weighted by molar-refractivity contribution is -0.605. The van der Waals surface area contributed by atoms with Crippen molar-refractivity contribution in [1.82, 2.24) is 10.3 Å². The number of benzene rings is 1. The molecule has 2 heterocycles. The minimum Gasteiger partial charge on any atom is -0.619 e. The fourth-order valence-electron chi connectivity index (χ4n) is 2.30. The number of pyridine rings is 2. The summed E-state index contributed by atoms with van der Waals surface area (Å²) < 4.78 is 0.643. The van der Waals surface area contributed by atoms with Crippen molar-refractivity contribution in [2.45, 2.75) is 6.04 Å². The Bertz CT molecular complexity index is 735. The predicted molar refractivity (Wildman–Crippen MR) is 85.4 cm³/mol. The zero-order valence-corrected chi connectivity index (χ0v) is 12.3. The molecule has 2 aromatic heterocycles. The summed E-state index contributed by atoms with van der Waals surface area (Å²) in [6.07, 6.45) is 4.29. The quantitative estimate of drug-likeness (QED) is 0.593. The largest absolute Gasteiger partial charge is 0.619 e. The third-order valence-electron chi connectivity index (χ3n) is 3.46. The molecule has 3 rings (SSSR count). The van der Waals surface area contributed by atoms with Gasteiger partial charge in [0.05, 0.1) is 17.3 Å². The molecular weight excluding hydrogens is 290 g/mol. The van der Waals surface area contributed by atoms with E-state index in [9.17, 15) is 10.0 Å². The van der Waals surface area contributed by atoms with Crippen LogP contribution in [0, 0.1) is 5.21 Å². The highest BCUT2D eigenvalue weighted by Gasteiger charge is 2.19. The number of hydrogen-bond acceptors (Lipinski definition) is 3. The van der Waals surface area contributed by atoms with Gasteiger partial charge in [-0.3, -0.25) is 9.78 Å². The summed E-state index contributed by atoms with van der Waals surface area (Å²) in [5, 5.41) is 14.1. The normalized spacial score (nSPS) is 11.7. The zero-order valence-electron chi connectivity index (χ0n) is 12.3. The average molecular weight is 305 g/mol. The SMILES string of the molecule is O=C(N[C@@H](c1ccccc1)c1ccccn1)c1cc[n+]([O-])cc1. The van der Waals surface area contributed by atoms with Crippen molar-refractivity contribution in [1.29, 1.82) is 0 Å². The van der Waals surface area contributed by atoms with E-state index in [1.54, 1.807) is 6.20 Å². The predicted octanol–water partition coefficient (Wildman–Crippen LogP) is 2.23. The van der Waals surface area contributed by atoms with E-state index in [2.05, 4.69) is 10.3 Å². The Kier molecular flexibility index (Phi) is 4.29. The summed E-state index contributed by atoms with van der Waals surface area (Å²) in [5.41, 5.74) is 2.12. The maximum Gasteiger partial charge on any atom is 0.252 e. The lowest BCUT2D eigenvalue weighted by Crippen LogP contribution is -2.31. The third-order valence-corrected chi connectivity index (χ3v) is 3.46. The van der Waals surface area contributed by atoms with E-state index in [1.807, 2.05) is 48.5 Å². The van der Waals surface area contributed by atoms with Gasteiger partial charge in [0.25, 0.3) is 5.91 Å². The van der Waals surface area contributed by atoms with E-state index in [1.165, 1.54) is 24.5 Å². The van der Waals surface area contributed by atoms with Crippen LogP contribution in [0.1, 0.15) is 27.7 Å². The minimum atomic E-state index is -0.357. The number of carbonyl (C=O) groups is 1. The van der Waals surface area contributed by atoms with E-state index in [0.29, 0.717) is 10.3 Å². The first-order chi connectivity index (χ1) is 11.2. The van der Waals surface area contributed by atoms with Gasteiger partial charge in [0.2, 0.25) is 0 Å². The molecule has 1 atom stereocenters. The van der Waals surface area contributed by atoms with Gasteiger partial charge < -0.3 is 10.5 Å². The summed E-state index contributed by atoms with van der Waals surface area (Å²) >= 11 is 0. The lowest BCUT2D eigenvalue weighted by Gasteiger charge is -2.18. The molecule has 5 heteroatoms. The van der Waals surface area contributed by atoms with E-state index >= 15 is 0 Å². The van der Waals surface area contributed by atoms with Crippen molar-refractivity contribution in [3.63, 3.8) is 0 Å². The van der Waals surface area contributed by atoms with Gasteiger partial charge in [0, 0.05) is 18.3 Å². The number of rotatable bonds is 4. The van der Waals surface area contributed by atoms with Gasteiger partial charge in [-0.15, -0.1) is 0 Å². The van der Waals surface area contributed by atoms with Crippen LogP contribution in [0.3, 0.4) is 0 Å². The molecule has 1 aromatic carbocycles. The monoisotopic (exact) mass is 305 g/mol. The molecule has 0 unspecified atom stereocenters. The van der Waals surface area contributed by atoms with Crippen LogP contribution < -0.4 is 10.0 Å². The van der Waals surface area contributed by atoms with Gasteiger partial charge in [-0.1, -0.05) is 36.4 Å². The molecule has 0 radical (unpaired) electrons. The molecule has 0 fully saturated rings. The van der Waals surface area contributed by atoms with Crippen molar-refractivity contribution < 1.29 is 9.52 Å². The van der Waals surface area contributed by atoms with Crippen LogP contribution >= 0.6 is 0 Å². The molecule has 1 N–H and O–H groups in total. The van der Waals surface area contributed by atoms with E-state index in [0.717, 1.165) is 11.3 Å². The first-order valence-electron chi connectivity index (χ1n) is 7.19. The Labute approximate surface area is 133 Å². The average Bonchev–Trinajstić information content (AvgIpc) is 2.61. The maximum atomic E-state index is 12.5. The molecule has 0 saturated carbocycles. The number of hydrogen-bond donors (Lipinski definition) is 1. The summed E-state index contributed by atoms with van der Waals surface area (Å²) in [6.45, 7) is 0. The first-order valence-corrected chi connectivity index (χ1v) is 7.19. The van der Waals surface area contributed by atoms with Crippen molar-refractivity contribution in [2.75, 3.05) is 0 Å². The van der Waals surface area contributed by atoms with Crippen molar-refractivity contribution in [3.05, 3.63) is 101 Å². The fraction of sp³-hybridized carbons (Fsp3) is 0.0556. The van der Waals surface area contributed by atoms with Crippen LogP contribution in [0.25, 0.3) is 0 Å². The van der Waals surface area contributed by atoms with Crippen LogP contribution in [0.5, 0.6) is 0 Å². The lowest BCUT2D eigenvalue weighted by atomic mass is 10.0. The molecule has 0 spiro atoms. The van der Waals surface area contributed by atoms with E-state index < -0.39 is 0 Å². The molecule has 23 heavy (non-hydrogen) atoms. The molecule has 3 aromatic rings. The maximum absolute atomic E-state index is 12.5. The third kappa shape index (κ3) is 3.52. The zero-order chi connectivity index (χ0) is 16.1. The van der Waals surface area contributed by atoms with E-state index in [-0.39, 0.29) is 11.9 Å². The van der Waals surface area contributed by atoms with Crippen molar-refractivity contribution in [3.8, 4) is 0 Å².